The Hall–Kier alpha value is -0.120. The molecule has 0 radical (unpaired) electrons. The highest BCUT2D eigenvalue weighted by atomic mass is 16.5. The molecule has 2 aliphatic carbocycles. The molecular weight excluding hydrogens is 200 g/mol. The zero-order valence-electron chi connectivity index (χ0n) is 10.6. The van der Waals surface area contributed by atoms with Gasteiger partial charge in [-0.05, 0) is 56.8 Å². The van der Waals surface area contributed by atoms with Crippen LogP contribution < -0.4 is 11.3 Å². The predicted octanol–water partition coefficient (Wildman–Crippen LogP) is 2.07. The molecule has 0 heterocycles. The average Bonchev–Trinajstić information content (AvgIpc) is 2.89. The molecule has 94 valence electrons. The van der Waals surface area contributed by atoms with E-state index in [1.807, 2.05) is 0 Å². The molecule has 0 aromatic carbocycles. The highest BCUT2D eigenvalue weighted by molar-refractivity contribution is 4.91. The van der Waals surface area contributed by atoms with E-state index in [4.69, 9.17) is 10.6 Å². The van der Waals surface area contributed by atoms with Crippen molar-refractivity contribution < 1.29 is 4.74 Å². The van der Waals surface area contributed by atoms with Crippen molar-refractivity contribution in [3.63, 3.8) is 0 Å². The van der Waals surface area contributed by atoms with Crippen LogP contribution in [0.15, 0.2) is 0 Å². The van der Waals surface area contributed by atoms with Crippen LogP contribution in [0.2, 0.25) is 0 Å². The SMILES string of the molecule is COC(C)CC(CC1CC2CCC1C2)NN. The van der Waals surface area contributed by atoms with Crippen LogP contribution in [0.3, 0.4) is 0 Å². The topological polar surface area (TPSA) is 47.3 Å². The number of methoxy groups -OCH3 is 1. The Morgan fingerprint density at radius 3 is 2.69 bits per heavy atom. The van der Waals surface area contributed by atoms with Gasteiger partial charge in [-0.1, -0.05) is 6.42 Å². The molecule has 0 aromatic heterocycles. The number of nitrogens with two attached hydrogens (primary N) is 1. The van der Waals surface area contributed by atoms with Crippen molar-refractivity contribution >= 4 is 0 Å². The van der Waals surface area contributed by atoms with Crippen LogP contribution in [0.1, 0.15) is 45.4 Å². The van der Waals surface area contributed by atoms with Crippen molar-refractivity contribution in [2.45, 2.75) is 57.6 Å². The van der Waals surface area contributed by atoms with Crippen molar-refractivity contribution in [2.75, 3.05) is 7.11 Å². The van der Waals surface area contributed by atoms with Gasteiger partial charge in [0.05, 0.1) is 6.10 Å². The zero-order valence-corrected chi connectivity index (χ0v) is 10.6. The maximum absolute atomic E-state index is 5.65. The molecule has 3 nitrogen and oxygen atoms in total. The van der Waals surface area contributed by atoms with Gasteiger partial charge in [-0.15, -0.1) is 0 Å². The molecule has 0 aliphatic heterocycles. The van der Waals surface area contributed by atoms with E-state index in [9.17, 15) is 0 Å². The summed E-state index contributed by atoms with van der Waals surface area (Å²) in [6, 6.07) is 0.430. The molecule has 2 rings (SSSR count). The summed E-state index contributed by atoms with van der Waals surface area (Å²) in [6.07, 6.45) is 8.46. The predicted molar refractivity (Wildman–Crippen MR) is 65.8 cm³/mol. The average molecular weight is 226 g/mol. The van der Waals surface area contributed by atoms with E-state index >= 15 is 0 Å². The molecule has 3 heteroatoms. The Bertz CT molecular complexity index is 222. The first kappa shape index (κ1) is 12.3. The van der Waals surface area contributed by atoms with Crippen LogP contribution in [0, 0.1) is 17.8 Å². The minimum absolute atomic E-state index is 0.305. The first-order chi connectivity index (χ1) is 7.72. The highest BCUT2D eigenvalue weighted by Crippen LogP contribution is 2.49. The molecule has 2 aliphatic rings. The molecule has 3 N–H and O–H groups in total. The third kappa shape index (κ3) is 2.76. The van der Waals surface area contributed by atoms with Gasteiger partial charge >= 0.3 is 0 Å². The fourth-order valence-electron chi connectivity index (χ4n) is 3.76. The molecule has 0 amide bonds. The van der Waals surface area contributed by atoms with E-state index < -0.39 is 0 Å². The summed E-state index contributed by atoms with van der Waals surface area (Å²) in [6.45, 7) is 2.12. The van der Waals surface area contributed by atoms with Crippen LogP contribution >= 0.6 is 0 Å². The van der Waals surface area contributed by atoms with E-state index in [0.29, 0.717) is 12.1 Å². The standard InChI is InChI=1S/C13H26N2O/c1-9(16-2)5-13(15-14)8-12-7-10-3-4-11(12)6-10/h9-13,15H,3-8,14H2,1-2H3. The monoisotopic (exact) mass is 226 g/mol. The molecule has 2 fully saturated rings. The van der Waals surface area contributed by atoms with Gasteiger partial charge in [-0.2, -0.15) is 0 Å². The van der Waals surface area contributed by atoms with Crippen molar-refractivity contribution in [3.8, 4) is 0 Å². The molecule has 0 saturated heterocycles. The number of hydrazine groups is 1. The van der Waals surface area contributed by atoms with Gasteiger partial charge in [-0.25, -0.2) is 0 Å². The largest absolute Gasteiger partial charge is 0.382 e. The Kier molecular flexibility index (Phi) is 4.22. The molecule has 2 bridgehead atoms. The highest BCUT2D eigenvalue weighted by Gasteiger charge is 2.40. The maximum Gasteiger partial charge on any atom is 0.0558 e. The summed E-state index contributed by atoms with van der Waals surface area (Å²) in [5, 5.41) is 0. The lowest BCUT2D eigenvalue weighted by Crippen LogP contribution is -2.39. The van der Waals surface area contributed by atoms with Crippen LogP contribution in [0.25, 0.3) is 0 Å². The third-order valence-electron chi connectivity index (χ3n) is 4.73. The molecule has 2 saturated carbocycles. The van der Waals surface area contributed by atoms with Crippen molar-refractivity contribution in [1.82, 2.24) is 5.43 Å². The zero-order chi connectivity index (χ0) is 11.5. The Morgan fingerprint density at radius 1 is 1.38 bits per heavy atom. The van der Waals surface area contributed by atoms with Gasteiger partial charge in [0.2, 0.25) is 0 Å². The summed E-state index contributed by atoms with van der Waals surface area (Å²) in [5.74, 6) is 8.60. The second-order valence-electron chi connectivity index (χ2n) is 5.82. The summed E-state index contributed by atoms with van der Waals surface area (Å²) in [4.78, 5) is 0. The minimum Gasteiger partial charge on any atom is -0.382 e. The van der Waals surface area contributed by atoms with E-state index in [2.05, 4.69) is 12.3 Å². The van der Waals surface area contributed by atoms with E-state index in [1.165, 1.54) is 32.1 Å². The smallest absolute Gasteiger partial charge is 0.0558 e. The lowest BCUT2D eigenvalue weighted by atomic mass is 9.83. The molecule has 0 aromatic rings. The lowest BCUT2D eigenvalue weighted by molar-refractivity contribution is 0.0948. The minimum atomic E-state index is 0.305. The molecule has 5 atom stereocenters. The summed E-state index contributed by atoms with van der Waals surface area (Å²) in [5.41, 5.74) is 2.97. The van der Waals surface area contributed by atoms with Crippen molar-refractivity contribution in [2.24, 2.45) is 23.6 Å². The number of rotatable bonds is 6. The van der Waals surface area contributed by atoms with Crippen LogP contribution in [0.5, 0.6) is 0 Å². The summed E-state index contributed by atoms with van der Waals surface area (Å²) >= 11 is 0. The third-order valence-corrected chi connectivity index (χ3v) is 4.73. The number of ether oxygens (including phenoxy) is 1. The number of fused-ring (bicyclic) bond motifs is 2. The lowest BCUT2D eigenvalue weighted by Gasteiger charge is -2.27. The molecule has 5 unspecified atom stereocenters. The van der Waals surface area contributed by atoms with E-state index in [1.54, 1.807) is 7.11 Å². The second kappa shape index (κ2) is 5.48. The van der Waals surface area contributed by atoms with Gasteiger partial charge in [0.25, 0.3) is 0 Å². The quantitative estimate of drug-likeness (QED) is 0.538. The maximum atomic E-state index is 5.65. The van der Waals surface area contributed by atoms with Gasteiger partial charge < -0.3 is 4.74 Å². The second-order valence-corrected chi connectivity index (χ2v) is 5.82. The Labute approximate surface area is 99.1 Å². The fraction of sp³-hybridized carbons (Fsp3) is 1.00. The van der Waals surface area contributed by atoms with Gasteiger partial charge in [0.1, 0.15) is 0 Å². The number of nitrogens with one attached hydrogen (secondary N) is 1. The van der Waals surface area contributed by atoms with Crippen LogP contribution in [0.4, 0.5) is 0 Å². The normalized spacial score (nSPS) is 36.6. The summed E-state index contributed by atoms with van der Waals surface area (Å²) in [7, 11) is 1.77. The fourth-order valence-corrected chi connectivity index (χ4v) is 3.76. The van der Waals surface area contributed by atoms with Gasteiger partial charge in [0, 0.05) is 13.2 Å². The van der Waals surface area contributed by atoms with Crippen LogP contribution in [-0.4, -0.2) is 19.3 Å². The Morgan fingerprint density at radius 2 is 2.19 bits per heavy atom. The number of hydrogen-bond donors (Lipinski definition) is 2. The van der Waals surface area contributed by atoms with Crippen LogP contribution in [-0.2, 0) is 4.74 Å². The Balaban J connectivity index is 1.78. The van der Waals surface area contributed by atoms with E-state index in [-0.39, 0.29) is 0 Å². The molecule has 16 heavy (non-hydrogen) atoms. The van der Waals surface area contributed by atoms with Crippen molar-refractivity contribution in [3.05, 3.63) is 0 Å². The molecule has 0 spiro atoms. The summed E-state index contributed by atoms with van der Waals surface area (Å²) < 4.78 is 5.31. The van der Waals surface area contributed by atoms with Gasteiger partial charge in [-0.3, -0.25) is 11.3 Å². The van der Waals surface area contributed by atoms with Crippen molar-refractivity contribution in [1.29, 1.82) is 0 Å². The first-order valence-electron chi connectivity index (χ1n) is 6.71. The van der Waals surface area contributed by atoms with Gasteiger partial charge in [0.15, 0.2) is 0 Å². The van der Waals surface area contributed by atoms with E-state index in [0.717, 1.165) is 24.2 Å². The first-order valence-corrected chi connectivity index (χ1v) is 6.71. The number of hydrogen-bond acceptors (Lipinski definition) is 3. The molecular formula is C13H26N2O.